The van der Waals surface area contributed by atoms with Crippen molar-refractivity contribution < 1.29 is 5.11 Å². The zero-order valence-corrected chi connectivity index (χ0v) is 11.5. The highest BCUT2D eigenvalue weighted by atomic mass is 16.3. The van der Waals surface area contributed by atoms with Crippen LogP contribution in [0.15, 0.2) is 6.20 Å². The molecule has 0 fully saturated rings. The van der Waals surface area contributed by atoms with Crippen molar-refractivity contribution in [3.8, 4) is 0 Å². The van der Waals surface area contributed by atoms with Crippen molar-refractivity contribution in [2.45, 2.75) is 44.8 Å². The van der Waals surface area contributed by atoms with Gasteiger partial charge in [0.25, 0.3) is 0 Å². The Balaban J connectivity index is 2.82. The number of nitrogens with zero attached hydrogens (tertiary/aromatic N) is 4. The van der Waals surface area contributed by atoms with E-state index >= 15 is 0 Å². The molecule has 0 radical (unpaired) electrons. The van der Waals surface area contributed by atoms with E-state index in [-0.39, 0.29) is 5.54 Å². The van der Waals surface area contributed by atoms with Crippen LogP contribution in [-0.2, 0) is 13.5 Å². The Hall–Kier alpha value is -0.940. The van der Waals surface area contributed by atoms with Crippen LogP contribution in [0.2, 0.25) is 0 Å². The van der Waals surface area contributed by atoms with Crippen LogP contribution in [0.5, 0.6) is 0 Å². The fourth-order valence-corrected chi connectivity index (χ4v) is 2.53. The topological polar surface area (TPSA) is 54.2 Å². The SMILES string of the molecule is CCC(CC)(C(O)Cc1cn(C)nn1)N(C)C. The van der Waals surface area contributed by atoms with Gasteiger partial charge in [0, 0.05) is 25.2 Å². The molecule has 0 aliphatic rings. The molecule has 17 heavy (non-hydrogen) atoms. The number of aliphatic hydroxyl groups is 1. The second kappa shape index (κ2) is 5.60. The van der Waals surface area contributed by atoms with Crippen LogP contribution < -0.4 is 0 Å². The van der Waals surface area contributed by atoms with Gasteiger partial charge in [0.15, 0.2) is 0 Å². The number of aliphatic hydroxyl groups excluding tert-OH is 1. The van der Waals surface area contributed by atoms with Crippen molar-refractivity contribution in [1.82, 2.24) is 19.9 Å². The van der Waals surface area contributed by atoms with Crippen LogP contribution in [0.1, 0.15) is 32.4 Å². The van der Waals surface area contributed by atoms with Crippen molar-refractivity contribution in [3.05, 3.63) is 11.9 Å². The minimum atomic E-state index is -0.427. The first kappa shape index (κ1) is 14.1. The minimum Gasteiger partial charge on any atom is -0.391 e. The van der Waals surface area contributed by atoms with E-state index in [0.717, 1.165) is 18.5 Å². The molecule has 5 nitrogen and oxygen atoms in total. The van der Waals surface area contributed by atoms with Crippen molar-refractivity contribution in [2.24, 2.45) is 7.05 Å². The van der Waals surface area contributed by atoms with Gasteiger partial charge in [0.2, 0.25) is 0 Å². The summed E-state index contributed by atoms with van der Waals surface area (Å²) in [4.78, 5) is 2.12. The zero-order chi connectivity index (χ0) is 13.1. The molecule has 5 heteroatoms. The summed E-state index contributed by atoms with van der Waals surface area (Å²) in [6, 6.07) is 0. The standard InChI is InChI=1S/C12H24N4O/c1-6-12(7-2,15(3)4)11(17)8-10-9-16(5)14-13-10/h9,11,17H,6-8H2,1-5H3. The highest BCUT2D eigenvalue weighted by Crippen LogP contribution is 2.27. The summed E-state index contributed by atoms with van der Waals surface area (Å²) in [7, 11) is 5.88. The summed E-state index contributed by atoms with van der Waals surface area (Å²) >= 11 is 0. The molecule has 0 spiro atoms. The zero-order valence-electron chi connectivity index (χ0n) is 11.5. The molecule has 1 N–H and O–H groups in total. The van der Waals surface area contributed by atoms with Gasteiger partial charge >= 0.3 is 0 Å². The molecule has 1 rings (SSSR count). The monoisotopic (exact) mass is 240 g/mol. The molecule has 1 heterocycles. The van der Waals surface area contributed by atoms with E-state index in [4.69, 9.17) is 0 Å². The number of rotatable bonds is 6. The Morgan fingerprint density at radius 2 is 2.00 bits per heavy atom. The highest BCUT2D eigenvalue weighted by Gasteiger charge is 2.37. The average Bonchev–Trinajstić information content (AvgIpc) is 2.66. The number of aryl methyl sites for hydroxylation is 1. The van der Waals surface area contributed by atoms with Crippen LogP contribution in [0, 0.1) is 0 Å². The van der Waals surface area contributed by atoms with Crippen LogP contribution in [0.3, 0.4) is 0 Å². The van der Waals surface area contributed by atoms with Crippen LogP contribution in [0.25, 0.3) is 0 Å². The summed E-state index contributed by atoms with van der Waals surface area (Å²) < 4.78 is 1.66. The first-order valence-corrected chi connectivity index (χ1v) is 6.17. The number of likely N-dealkylation sites (N-methyl/N-ethyl adjacent to an activating group) is 1. The Morgan fingerprint density at radius 1 is 1.41 bits per heavy atom. The molecule has 0 amide bonds. The van der Waals surface area contributed by atoms with Gasteiger partial charge in [-0.05, 0) is 26.9 Å². The fourth-order valence-electron chi connectivity index (χ4n) is 2.53. The molecule has 0 saturated carbocycles. The largest absolute Gasteiger partial charge is 0.391 e. The van der Waals surface area contributed by atoms with Crippen LogP contribution >= 0.6 is 0 Å². The molecule has 1 atom stereocenters. The number of aromatic nitrogens is 3. The predicted molar refractivity (Wildman–Crippen MR) is 67.7 cm³/mol. The molecule has 0 aromatic carbocycles. The van der Waals surface area contributed by atoms with Gasteiger partial charge in [0.1, 0.15) is 0 Å². The maximum atomic E-state index is 10.5. The maximum absolute atomic E-state index is 10.5. The van der Waals surface area contributed by atoms with Gasteiger partial charge in [-0.3, -0.25) is 4.68 Å². The molecule has 98 valence electrons. The van der Waals surface area contributed by atoms with E-state index in [1.165, 1.54) is 0 Å². The summed E-state index contributed by atoms with van der Waals surface area (Å²) in [5, 5.41) is 18.4. The molecule has 1 aromatic heterocycles. The van der Waals surface area contributed by atoms with Gasteiger partial charge in [-0.1, -0.05) is 19.1 Å². The number of hydrogen-bond donors (Lipinski definition) is 1. The lowest BCUT2D eigenvalue weighted by molar-refractivity contribution is -0.0130. The van der Waals surface area contributed by atoms with Gasteiger partial charge in [-0.25, -0.2) is 0 Å². The van der Waals surface area contributed by atoms with Crippen molar-refractivity contribution in [1.29, 1.82) is 0 Å². The Kier molecular flexibility index (Phi) is 4.65. The smallest absolute Gasteiger partial charge is 0.0853 e. The molecule has 0 saturated heterocycles. The van der Waals surface area contributed by atoms with E-state index in [1.807, 2.05) is 27.3 Å². The first-order chi connectivity index (χ1) is 7.96. The third kappa shape index (κ3) is 2.84. The Bertz CT molecular complexity index is 344. The predicted octanol–water partition coefficient (Wildman–Crippen LogP) is 0.839. The lowest BCUT2D eigenvalue weighted by atomic mass is 9.83. The normalized spacial score (nSPS) is 14.3. The second-order valence-corrected chi connectivity index (χ2v) is 4.81. The fraction of sp³-hybridized carbons (Fsp3) is 0.833. The number of hydrogen-bond acceptors (Lipinski definition) is 4. The molecule has 0 aliphatic heterocycles. The lowest BCUT2D eigenvalue weighted by Gasteiger charge is -2.42. The second-order valence-electron chi connectivity index (χ2n) is 4.81. The average molecular weight is 240 g/mol. The van der Waals surface area contributed by atoms with Gasteiger partial charge < -0.3 is 10.0 Å². The Morgan fingerprint density at radius 3 is 2.35 bits per heavy atom. The van der Waals surface area contributed by atoms with E-state index < -0.39 is 6.10 Å². The van der Waals surface area contributed by atoms with Crippen molar-refractivity contribution in [2.75, 3.05) is 14.1 Å². The highest BCUT2D eigenvalue weighted by molar-refractivity contribution is 5.02. The van der Waals surface area contributed by atoms with E-state index in [1.54, 1.807) is 4.68 Å². The van der Waals surface area contributed by atoms with Gasteiger partial charge in [0.05, 0.1) is 11.8 Å². The Labute approximate surface area is 103 Å². The summed E-state index contributed by atoms with van der Waals surface area (Å²) in [6.07, 6.45) is 3.81. The first-order valence-electron chi connectivity index (χ1n) is 6.17. The molecular weight excluding hydrogens is 216 g/mol. The van der Waals surface area contributed by atoms with Crippen molar-refractivity contribution >= 4 is 0 Å². The maximum Gasteiger partial charge on any atom is 0.0853 e. The summed E-state index contributed by atoms with van der Waals surface area (Å²) in [5.41, 5.74) is 0.658. The molecule has 0 bridgehead atoms. The van der Waals surface area contributed by atoms with Crippen LogP contribution in [0.4, 0.5) is 0 Å². The lowest BCUT2D eigenvalue weighted by Crippen LogP contribution is -2.53. The van der Waals surface area contributed by atoms with Crippen LogP contribution in [-0.4, -0.2) is 50.7 Å². The molecule has 1 unspecified atom stereocenters. The molecular formula is C12H24N4O. The van der Waals surface area contributed by atoms with Gasteiger partial charge in [-0.2, -0.15) is 0 Å². The summed E-state index contributed by atoms with van der Waals surface area (Å²) in [5.74, 6) is 0. The third-order valence-corrected chi connectivity index (χ3v) is 3.79. The van der Waals surface area contributed by atoms with Gasteiger partial charge in [-0.15, -0.1) is 5.10 Å². The molecule has 0 aliphatic carbocycles. The quantitative estimate of drug-likeness (QED) is 0.800. The van der Waals surface area contributed by atoms with E-state index in [2.05, 4.69) is 29.1 Å². The van der Waals surface area contributed by atoms with E-state index in [0.29, 0.717) is 6.42 Å². The minimum absolute atomic E-state index is 0.183. The summed E-state index contributed by atoms with van der Waals surface area (Å²) in [6.45, 7) is 4.23. The van der Waals surface area contributed by atoms with E-state index in [9.17, 15) is 5.11 Å². The van der Waals surface area contributed by atoms with Crippen molar-refractivity contribution in [3.63, 3.8) is 0 Å². The molecule has 1 aromatic rings. The third-order valence-electron chi connectivity index (χ3n) is 3.79.